The van der Waals surface area contributed by atoms with Crippen molar-refractivity contribution < 1.29 is 0 Å². The van der Waals surface area contributed by atoms with Crippen LogP contribution in [0.4, 0.5) is 0 Å². The summed E-state index contributed by atoms with van der Waals surface area (Å²) in [7, 11) is 2.20. The van der Waals surface area contributed by atoms with Gasteiger partial charge in [0.05, 0.1) is 0 Å². The second-order valence-electron chi connectivity index (χ2n) is 5.12. The molecule has 2 rings (SSSR count). The average Bonchev–Trinajstić information content (AvgIpc) is 2.33. The number of hydrogen-bond donors (Lipinski definition) is 1. The molecule has 2 unspecified atom stereocenters. The van der Waals surface area contributed by atoms with Crippen LogP contribution in [0, 0.1) is 0 Å². The van der Waals surface area contributed by atoms with Crippen molar-refractivity contribution >= 4 is 0 Å². The largest absolute Gasteiger partial charge is 0.322 e. The van der Waals surface area contributed by atoms with Gasteiger partial charge in [-0.1, -0.05) is 36.8 Å². The Bertz CT molecular complexity index is 336. The molecule has 0 saturated carbocycles. The monoisotopic (exact) mass is 218 g/mol. The smallest absolute Gasteiger partial charge is 0.0479 e. The fourth-order valence-electron chi connectivity index (χ4n) is 2.69. The minimum Gasteiger partial charge on any atom is -0.322 e. The zero-order valence-corrected chi connectivity index (χ0v) is 10.3. The van der Waals surface area contributed by atoms with E-state index in [4.69, 9.17) is 5.73 Å². The molecule has 1 heterocycles. The van der Waals surface area contributed by atoms with Crippen LogP contribution in [0.25, 0.3) is 0 Å². The molecule has 1 aliphatic rings. The molecule has 1 fully saturated rings. The van der Waals surface area contributed by atoms with Crippen molar-refractivity contribution in [2.45, 2.75) is 37.8 Å². The number of nitrogens with two attached hydrogens (primary N) is 1. The minimum absolute atomic E-state index is 0.110. The van der Waals surface area contributed by atoms with Crippen LogP contribution in [0.5, 0.6) is 0 Å². The molecule has 0 aromatic heterocycles. The summed E-state index contributed by atoms with van der Waals surface area (Å²) in [6.45, 7) is 3.46. The van der Waals surface area contributed by atoms with E-state index in [0.29, 0.717) is 0 Å². The van der Waals surface area contributed by atoms with Crippen molar-refractivity contribution in [1.29, 1.82) is 0 Å². The Kier molecular flexibility index (Phi) is 3.31. The predicted octanol–water partition coefficient (Wildman–Crippen LogP) is 2.56. The van der Waals surface area contributed by atoms with Crippen LogP contribution in [0.1, 0.15) is 37.8 Å². The van der Waals surface area contributed by atoms with Crippen molar-refractivity contribution in [2.75, 3.05) is 13.6 Å². The highest BCUT2D eigenvalue weighted by atomic mass is 15.2. The summed E-state index contributed by atoms with van der Waals surface area (Å²) >= 11 is 0. The number of likely N-dealkylation sites (N-methyl/N-ethyl adjacent to an activating group) is 1. The molecule has 2 N–H and O–H groups in total. The fraction of sp³-hybridized carbons (Fsp3) is 0.571. The molecule has 1 aromatic rings. The normalized spacial score (nSPS) is 28.9. The van der Waals surface area contributed by atoms with E-state index in [2.05, 4.69) is 43.1 Å². The molecule has 0 bridgehead atoms. The van der Waals surface area contributed by atoms with Crippen molar-refractivity contribution in [3.8, 4) is 0 Å². The average molecular weight is 218 g/mol. The van der Waals surface area contributed by atoms with E-state index in [1.165, 1.54) is 24.8 Å². The second-order valence-corrected chi connectivity index (χ2v) is 5.12. The first-order valence-corrected chi connectivity index (χ1v) is 6.16. The van der Waals surface area contributed by atoms with E-state index < -0.39 is 0 Å². The van der Waals surface area contributed by atoms with E-state index >= 15 is 0 Å². The quantitative estimate of drug-likeness (QED) is 0.826. The van der Waals surface area contributed by atoms with Gasteiger partial charge in [0.1, 0.15) is 0 Å². The van der Waals surface area contributed by atoms with E-state index in [9.17, 15) is 0 Å². The lowest BCUT2D eigenvalue weighted by atomic mass is 9.79. The van der Waals surface area contributed by atoms with E-state index in [1.54, 1.807) is 0 Å². The summed E-state index contributed by atoms with van der Waals surface area (Å²) in [5, 5.41) is 0. The predicted molar refractivity (Wildman–Crippen MR) is 68.3 cm³/mol. The van der Waals surface area contributed by atoms with E-state index in [0.717, 1.165) is 6.54 Å². The van der Waals surface area contributed by atoms with Crippen molar-refractivity contribution in [3.05, 3.63) is 35.9 Å². The van der Waals surface area contributed by atoms with Crippen molar-refractivity contribution in [3.63, 3.8) is 0 Å². The lowest BCUT2D eigenvalue weighted by Gasteiger charge is -2.46. The number of rotatable bonds is 2. The van der Waals surface area contributed by atoms with Gasteiger partial charge >= 0.3 is 0 Å². The Labute approximate surface area is 98.4 Å². The molecule has 0 amide bonds. The number of benzene rings is 1. The summed E-state index contributed by atoms with van der Waals surface area (Å²) in [6, 6.07) is 10.6. The zero-order valence-electron chi connectivity index (χ0n) is 10.3. The van der Waals surface area contributed by atoms with Gasteiger partial charge < -0.3 is 5.73 Å². The van der Waals surface area contributed by atoms with Gasteiger partial charge in [-0.15, -0.1) is 0 Å². The summed E-state index contributed by atoms with van der Waals surface area (Å²) < 4.78 is 0. The van der Waals surface area contributed by atoms with Crippen molar-refractivity contribution in [2.24, 2.45) is 5.73 Å². The van der Waals surface area contributed by atoms with Gasteiger partial charge in [-0.3, -0.25) is 4.90 Å². The first kappa shape index (κ1) is 11.6. The van der Waals surface area contributed by atoms with Gasteiger partial charge in [0.15, 0.2) is 0 Å². The maximum absolute atomic E-state index is 6.45. The third-order valence-corrected chi connectivity index (χ3v) is 4.13. The lowest BCUT2D eigenvalue weighted by Crippen LogP contribution is -2.54. The summed E-state index contributed by atoms with van der Waals surface area (Å²) in [5.41, 5.74) is 7.81. The Morgan fingerprint density at radius 2 is 1.94 bits per heavy atom. The van der Waals surface area contributed by atoms with Crippen LogP contribution in [-0.2, 0) is 0 Å². The topological polar surface area (TPSA) is 29.3 Å². The Morgan fingerprint density at radius 1 is 1.25 bits per heavy atom. The summed E-state index contributed by atoms with van der Waals surface area (Å²) in [4.78, 5) is 2.42. The van der Waals surface area contributed by atoms with Crippen LogP contribution in [-0.4, -0.2) is 24.0 Å². The maximum atomic E-state index is 6.45. The zero-order chi connectivity index (χ0) is 11.6. The standard InChI is InChI=1S/C14H22N2/c1-14(10-6-7-11-16(14)2)13(15)12-8-4-3-5-9-12/h3-5,8-9,13H,6-7,10-11,15H2,1-2H3. The molecule has 0 radical (unpaired) electrons. The number of piperidine rings is 1. The van der Waals surface area contributed by atoms with Gasteiger partial charge in [0.25, 0.3) is 0 Å². The molecule has 2 atom stereocenters. The lowest BCUT2D eigenvalue weighted by molar-refractivity contribution is 0.0645. The number of likely N-dealkylation sites (tertiary alicyclic amines) is 1. The second kappa shape index (κ2) is 4.56. The molecule has 2 nitrogen and oxygen atoms in total. The van der Waals surface area contributed by atoms with Crippen LogP contribution < -0.4 is 5.73 Å². The fourth-order valence-corrected chi connectivity index (χ4v) is 2.69. The van der Waals surface area contributed by atoms with Crippen LogP contribution >= 0.6 is 0 Å². The Balaban J connectivity index is 2.22. The molecule has 1 aromatic carbocycles. The van der Waals surface area contributed by atoms with Gasteiger partial charge in [0.2, 0.25) is 0 Å². The van der Waals surface area contributed by atoms with Gasteiger partial charge in [-0.25, -0.2) is 0 Å². The third kappa shape index (κ3) is 2.00. The highest BCUT2D eigenvalue weighted by molar-refractivity contribution is 5.22. The molecule has 0 spiro atoms. The molecule has 1 aliphatic heterocycles. The summed E-state index contributed by atoms with van der Waals surface area (Å²) in [5.74, 6) is 0. The third-order valence-electron chi connectivity index (χ3n) is 4.13. The van der Waals surface area contributed by atoms with Gasteiger partial charge in [-0.05, 0) is 38.9 Å². The summed E-state index contributed by atoms with van der Waals surface area (Å²) in [6.07, 6.45) is 3.79. The molecule has 16 heavy (non-hydrogen) atoms. The minimum atomic E-state index is 0.110. The van der Waals surface area contributed by atoms with E-state index in [-0.39, 0.29) is 11.6 Å². The molecule has 0 aliphatic carbocycles. The highest BCUT2D eigenvalue weighted by Crippen LogP contribution is 2.36. The van der Waals surface area contributed by atoms with Crippen LogP contribution in [0.3, 0.4) is 0 Å². The molecule has 1 saturated heterocycles. The Morgan fingerprint density at radius 3 is 2.56 bits per heavy atom. The molecule has 2 heteroatoms. The SMILES string of the molecule is CN1CCCCC1(C)C(N)c1ccccc1. The first-order valence-electron chi connectivity index (χ1n) is 6.16. The molecule has 88 valence electrons. The van der Waals surface area contributed by atoms with Crippen LogP contribution in [0.15, 0.2) is 30.3 Å². The molecular formula is C14H22N2. The van der Waals surface area contributed by atoms with Crippen LogP contribution in [0.2, 0.25) is 0 Å². The van der Waals surface area contributed by atoms with Gasteiger partial charge in [0, 0.05) is 11.6 Å². The molecular weight excluding hydrogens is 196 g/mol. The Hall–Kier alpha value is -0.860. The highest BCUT2D eigenvalue weighted by Gasteiger charge is 2.38. The van der Waals surface area contributed by atoms with Gasteiger partial charge in [-0.2, -0.15) is 0 Å². The van der Waals surface area contributed by atoms with E-state index in [1.807, 2.05) is 6.07 Å². The van der Waals surface area contributed by atoms with Crippen molar-refractivity contribution in [1.82, 2.24) is 4.90 Å². The first-order chi connectivity index (χ1) is 7.64. The number of hydrogen-bond acceptors (Lipinski definition) is 2. The number of nitrogens with zero attached hydrogens (tertiary/aromatic N) is 1. The maximum Gasteiger partial charge on any atom is 0.0479 e.